The highest BCUT2D eigenvalue weighted by Crippen LogP contribution is 2.30. The molecule has 33 heavy (non-hydrogen) atoms. The number of aromatic amines is 1. The quantitative estimate of drug-likeness (QED) is 0.553. The number of para-hydroxylation sites is 2. The second-order valence-corrected chi connectivity index (χ2v) is 8.67. The third kappa shape index (κ3) is 4.18. The number of nitrogens with one attached hydrogen (secondary N) is 2. The molecule has 3 N–H and O–H groups in total. The number of rotatable bonds is 5. The Morgan fingerprint density at radius 1 is 1.12 bits per heavy atom. The van der Waals surface area contributed by atoms with Gasteiger partial charge in [0, 0.05) is 13.1 Å². The summed E-state index contributed by atoms with van der Waals surface area (Å²) in [6, 6.07) is 14.7. The predicted molar refractivity (Wildman–Crippen MR) is 122 cm³/mol. The van der Waals surface area contributed by atoms with E-state index in [1.54, 1.807) is 12.0 Å². The first kappa shape index (κ1) is 21.1. The normalized spacial score (nSPS) is 20.6. The second kappa shape index (κ2) is 8.65. The fourth-order valence-corrected chi connectivity index (χ4v) is 4.89. The average molecular weight is 450 g/mol. The van der Waals surface area contributed by atoms with E-state index in [0.717, 1.165) is 35.2 Å². The molecule has 2 unspecified atom stereocenters. The number of ether oxygens (including phenoxy) is 1. The van der Waals surface area contributed by atoms with E-state index in [4.69, 9.17) is 9.72 Å². The molecule has 0 radical (unpaired) electrons. The van der Waals surface area contributed by atoms with E-state index >= 15 is 0 Å². The van der Waals surface area contributed by atoms with Crippen LogP contribution in [0.15, 0.2) is 48.5 Å². The van der Waals surface area contributed by atoms with Gasteiger partial charge in [0.25, 0.3) is 0 Å². The highest BCUT2D eigenvalue weighted by Gasteiger charge is 2.43. The van der Waals surface area contributed by atoms with Gasteiger partial charge in [0.05, 0.1) is 36.3 Å². The summed E-state index contributed by atoms with van der Waals surface area (Å²) in [4.78, 5) is 36.2. The van der Waals surface area contributed by atoms with E-state index in [0.29, 0.717) is 25.3 Å². The van der Waals surface area contributed by atoms with Crippen LogP contribution < -0.4 is 10.1 Å². The summed E-state index contributed by atoms with van der Waals surface area (Å²) in [7, 11) is 1.63. The number of carboxylic acid groups (broad SMARTS) is 1. The van der Waals surface area contributed by atoms with Crippen molar-refractivity contribution in [2.45, 2.75) is 37.4 Å². The molecule has 3 amide bonds. The Labute approximate surface area is 191 Å². The van der Waals surface area contributed by atoms with Crippen molar-refractivity contribution in [2.24, 2.45) is 0 Å². The van der Waals surface area contributed by atoms with Crippen LogP contribution >= 0.6 is 0 Å². The molecule has 172 valence electrons. The predicted octanol–water partition coefficient (Wildman–Crippen LogP) is 3.39. The summed E-state index contributed by atoms with van der Waals surface area (Å²) in [6.45, 7) is 0.777. The van der Waals surface area contributed by atoms with Crippen LogP contribution in [-0.2, 0) is 6.42 Å². The number of aromatic nitrogens is 2. The van der Waals surface area contributed by atoms with E-state index < -0.39 is 6.09 Å². The molecule has 0 spiro atoms. The lowest BCUT2D eigenvalue weighted by Gasteiger charge is -2.50. The van der Waals surface area contributed by atoms with Crippen molar-refractivity contribution in [3.63, 3.8) is 0 Å². The molecule has 6 rings (SSSR count). The van der Waals surface area contributed by atoms with Gasteiger partial charge in [0.15, 0.2) is 0 Å². The molecule has 3 aliphatic heterocycles. The second-order valence-electron chi connectivity index (χ2n) is 8.67. The van der Waals surface area contributed by atoms with Crippen molar-refractivity contribution in [3.05, 3.63) is 59.9 Å². The maximum Gasteiger partial charge on any atom is 0.407 e. The van der Waals surface area contributed by atoms with Crippen molar-refractivity contribution < 1.29 is 19.4 Å². The number of imidazole rings is 1. The zero-order valence-corrected chi connectivity index (χ0v) is 18.4. The number of piperazine rings is 1. The Morgan fingerprint density at radius 2 is 1.82 bits per heavy atom. The highest BCUT2D eigenvalue weighted by atomic mass is 16.5. The maximum absolute atomic E-state index is 13.3. The van der Waals surface area contributed by atoms with E-state index in [9.17, 15) is 14.7 Å². The van der Waals surface area contributed by atoms with Gasteiger partial charge < -0.3 is 29.9 Å². The van der Waals surface area contributed by atoms with Crippen molar-refractivity contribution in [1.29, 1.82) is 0 Å². The fraction of sp³-hybridized carbons (Fsp3) is 0.375. The van der Waals surface area contributed by atoms with Crippen molar-refractivity contribution >= 4 is 23.2 Å². The Morgan fingerprint density at radius 3 is 2.45 bits per heavy atom. The van der Waals surface area contributed by atoms with Crippen LogP contribution in [0.1, 0.15) is 30.3 Å². The van der Waals surface area contributed by atoms with Crippen molar-refractivity contribution in [1.82, 2.24) is 25.1 Å². The Hall–Kier alpha value is -3.75. The summed E-state index contributed by atoms with van der Waals surface area (Å²) >= 11 is 0. The summed E-state index contributed by atoms with van der Waals surface area (Å²) in [5.74, 6) is 1.46. The molecule has 2 bridgehead atoms. The Bertz CT molecular complexity index is 1130. The highest BCUT2D eigenvalue weighted by molar-refractivity contribution is 5.77. The number of hydrogen-bond acceptors (Lipinski definition) is 4. The molecule has 3 fully saturated rings. The number of nitrogens with zero attached hydrogens (tertiary/aromatic N) is 3. The molecule has 3 aliphatic rings. The van der Waals surface area contributed by atoms with Crippen molar-refractivity contribution in [3.8, 4) is 5.75 Å². The fourth-order valence-electron chi connectivity index (χ4n) is 4.89. The minimum Gasteiger partial charge on any atom is -0.497 e. The minimum absolute atomic E-state index is 0.108. The summed E-state index contributed by atoms with van der Waals surface area (Å²) < 4.78 is 5.26. The lowest BCUT2D eigenvalue weighted by Crippen LogP contribution is -2.66. The van der Waals surface area contributed by atoms with Crippen molar-refractivity contribution in [2.75, 3.05) is 20.2 Å². The third-order valence-corrected chi connectivity index (χ3v) is 6.67. The number of carbonyl (C=O) groups is 2. The number of H-pyrrole nitrogens is 1. The first-order valence-corrected chi connectivity index (χ1v) is 11.2. The van der Waals surface area contributed by atoms with Gasteiger partial charge in [-0.25, -0.2) is 14.6 Å². The first-order valence-electron chi connectivity index (χ1n) is 11.2. The van der Waals surface area contributed by atoms with Gasteiger partial charge in [-0.05, 0) is 49.1 Å². The zero-order valence-electron chi connectivity index (χ0n) is 18.4. The Kier molecular flexibility index (Phi) is 5.53. The van der Waals surface area contributed by atoms with Gasteiger partial charge in [-0.15, -0.1) is 0 Å². The molecule has 0 saturated carbocycles. The summed E-state index contributed by atoms with van der Waals surface area (Å²) in [5, 5.41) is 12.6. The topological polar surface area (TPSA) is 111 Å². The van der Waals surface area contributed by atoms with Crippen LogP contribution in [0.4, 0.5) is 9.59 Å². The molecular formula is C24H27N5O4. The van der Waals surface area contributed by atoms with Gasteiger partial charge in [-0.2, -0.15) is 0 Å². The number of benzene rings is 2. The molecule has 9 nitrogen and oxygen atoms in total. The number of amides is 3. The molecule has 9 heteroatoms. The minimum atomic E-state index is -0.913. The molecular weight excluding hydrogens is 422 g/mol. The molecule has 1 aromatic heterocycles. The largest absolute Gasteiger partial charge is 0.497 e. The molecule has 3 atom stereocenters. The van der Waals surface area contributed by atoms with Crippen LogP contribution in [0.25, 0.3) is 11.0 Å². The van der Waals surface area contributed by atoms with E-state index in [1.165, 1.54) is 4.90 Å². The number of urea groups is 1. The summed E-state index contributed by atoms with van der Waals surface area (Å²) in [5.41, 5.74) is 2.80. The number of fused-ring (bicyclic) bond motifs is 4. The van der Waals surface area contributed by atoms with Gasteiger partial charge >= 0.3 is 12.1 Å². The van der Waals surface area contributed by atoms with Crippen LogP contribution in [0.2, 0.25) is 0 Å². The van der Waals surface area contributed by atoms with Crippen LogP contribution in [0, 0.1) is 0 Å². The number of methoxy groups -OCH3 is 1. The third-order valence-electron chi connectivity index (χ3n) is 6.67. The van der Waals surface area contributed by atoms with E-state index in [1.807, 2.05) is 48.5 Å². The Balaban J connectivity index is 1.38. The molecule has 0 aliphatic carbocycles. The van der Waals surface area contributed by atoms with Gasteiger partial charge in [-0.3, -0.25) is 0 Å². The van der Waals surface area contributed by atoms with Gasteiger partial charge in [0.1, 0.15) is 11.6 Å². The molecule has 3 saturated heterocycles. The SMILES string of the molecule is COc1ccc(C[C@@H](NC(=O)N2CC3CCC2CN3C(=O)O)c2nc3ccccc3[nH]2)cc1. The van der Waals surface area contributed by atoms with E-state index in [-0.39, 0.29) is 24.2 Å². The maximum atomic E-state index is 13.3. The monoisotopic (exact) mass is 449 g/mol. The zero-order chi connectivity index (χ0) is 22.9. The molecule has 2 aromatic carbocycles. The number of hydrogen-bond donors (Lipinski definition) is 3. The van der Waals surface area contributed by atoms with Crippen LogP contribution in [-0.4, -0.2) is 69.3 Å². The standard InChI is InChI=1S/C24H27N5O4/c1-33-18-10-6-15(7-11-18)12-21(22-25-19-4-2-3-5-20(19)26-22)27-23(30)28-13-17-9-8-16(28)14-29(17)24(31)32/h2-7,10-11,16-17,21H,8-9,12-14H2,1H3,(H,25,26)(H,27,30)(H,31,32)/t16?,17?,21-/m1/s1. The van der Waals surface area contributed by atoms with Crippen LogP contribution in [0.5, 0.6) is 5.75 Å². The smallest absolute Gasteiger partial charge is 0.407 e. The first-order chi connectivity index (χ1) is 16.0. The lowest BCUT2D eigenvalue weighted by atomic mass is 9.91. The number of carbonyl (C=O) groups excluding carboxylic acids is 1. The molecule has 4 heterocycles. The van der Waals surface area contributed by atoms with Gasteiger partial charge in [0.2, 0.25) is 0 Å². The summed E-state index contributed by atoms with van der Waals surface area (Å²) in [6.07, 6.45) is 1.25. The lowest BCUT2D eigenvalue weighted by molar-refractivity contribution is 0.00819. The number of piperidine rings is 2. The van der Waals surface area contributed by atoms with Gasteiger partial charge in [-0.1, -0.05) is 24.3 Å². The van der Waals surface area contributed by atoms with Crippen LogP contribution in [0.3, 0.4) is 0 Å². The molecule has 3 aromatic rings. The average Bonchev–Trinajstić information content (AvgIpc) is 3.28. The van der Waals surface area contributed by atoms with E-state index in [2.05, 4.69) is 10.3 Å².